The fourth-order valence-electron chi connectivity index (χ4n) is 11.9. The average molecular weight is 1630 g/mol. The lowest BCUT2D eigenvalue weighted by Crippen LogP contribution is -2.62. The number of nitrogens with two attached hydrogens (primary N) is 2. The molecule has 1 fully saturated rings. The van der Waals surface area contributed by atoms with Crippen molar-refractivity contribution in [1.29, 1.82) is 0 Å². The molecular formula is C73H103N17O26. The minimum Gasteiger partial charge on any atom is -0.481 e. The lowest BCUT2D eigenvalue weighted by molar-refractivity contribution is -0.156. The van der Waals surface area contributed by atoms with Gasteiger partial charge in [-0.25, -0.2) is 4.79 Å². The van der Waals surface area contributed by atoms with E-state index in [-0.39, 0.29) is 43.5 Å². The molecule has 1 aliphatic heterocycles. The van der Waals surface area contributed by atoms with Crippen molar-refractivity contribution in [3.63, 3.8) is 0 Å². The second-order valence-electron chi connectivity index (χ2n) is 27.5. The molecule has 4 rings (SSSR count). The minimum atomic E-state index is -2.44. The number of H-pyrrole nitrogens is 1. The molecule has 43 nitrogen and oxygen atoms in total. The molecule has 43 heteroatoms. The van der Waals surface area contributed by atoms with E-state index in [0.29, 0.717) is 29.3 Å². The lowest BCUT2D eigenvalue weighted by Gasteiger charge is -2.30. The van der Waals surface area contributed by atoms with Gasteiger partial charge in [0.05, 0.1) is 51.8 Å². The number of carbonyl (C=O) groups excluding carboxylic acids is 16. The predicted octanol–water partition coefficient (Wildman–Crippen LogP) is -5.16. The number of aliphatic hydroxyl groups is 1. The molecule has 0 spiro atoms. The normalized spacial score (nSPS) is 21.1. The third-order valence-corrected chi connectivity index (χ3v) is 18.1. The van der Waals surface area contributed by atoms with Crippen LogP contribution >= 0.6 is 0 Å². The monoisotopic (exact) mass is 1630 g/mol. The van der Waals surface area contributed by atoms with E-state index < -0.39 is 255 Å². The largest absolute Gasteiger partial charge is 0.481 e. The van der Waals surface area contributed by atoms with Crippen LogP contribution in [0.1, 0.15) is 146 Å². The van der Waals surface area contributed by atoms with Crippen molar-refractivity contribution < 1.29 is 126 Å². The number of cyclic esters (lactones) is 1. The molecular weight excluding hydrogens is 1530 g/mol. The van der Waals surface area contributed by atoms with Crippen molar-refractivity contribution in [2.24, 2.45) is 17.4 Å². The number of unbranched alkanes of at least 4 members (excludes halogenated alkanes) is 6. The number of hydrogen-bond donors (Lipinski definition) is 22. The molecule has 1 saturated heterocycles. The zero-order chi connectivity index (χ0) is 86.5. The molecule has 1 aromatic heterocycles. The molecule has 3 aromatic rings. The van der Waals surface area contributed by atoms with Crippen LogP contribution < -0.4 is 85.9 Å². The van der Waals surface area contributed by atoms with Gasteiger partial charge in [0.25, 0.3) is 0 Å². The van der Waals surface area contributed by atoms with E-state index in [9.17, 15) is 121 Å². The Hall–Kier alpha value is -12.7. The molecule has 2 aromatic carbocycles. The number of amides is 14. The number of para-hydroxylation sites is 2. The second-order valence-corrected chi connectivity index (χ2v) is 27.5. The molecule has 1 aliphatic rings. The predicted molar refractivity (Wildman–Crippen MR) is 405 cm³/mol. The number of carbonyl (C=O) groups is 20. The highest BCUT2D eigenvalue weighted by Crippen LogP contribution is 2.22. The Kier molecular flexibility index (Phi) is 39.9. The van der Waals surface area contributed by atoms with Crippen molar-refractivity contribution in [3.8, 4) is 0 Å². The summed E-state index contributed by atoms with van der Waals surface area (Å²) in [7, 11) is 1.41. The Labute approximate surface area is 664 Å². The first-order valence-corrected chi connectivity index (χ1v) is 37.3. The van der Waals surface area contributed by atoms with Crippen LogP contribution in [0.3, 0.4) is 0 Å². The summed E-state index contributed by atoms with van der Waals surface area (Å²) in [5, 5.41) is 81.7. The topological polar surface area (TPSA) is 688 Å². The van der Waals surface area contributed by atoms with E-state index in [0.717, 1.165) is 52.9 Å². The Morgan fingerprint density at radius 2 is 1.09 bits per heavy atom. The summed E-state index contributed by atoms with van der Waals surface area (Å²) >= 11 is 0. The van der Waals surface area contributed by atoms with E-state index in [2.05, 4.69) is 70.4 Å². The zero-order valence-electron chi connectivity index (χ0n) is 64.5. The fraction of sp³-hybridized carbons (Fsp3) is 0.534. The van der Waals surface area contributed by atoms with Crippen LogP contribution in [0, 0.1) is 5.92 Å². The highest BCUT2D eigenvalue weighted by molar-refractivity contribution is 6.05. The van der Waals surface area contributed by atoms with Crippen LogP contribution in [0.5, 0.6) is 0 Å². The van der Waals surface area contributed by atoms with Crippen LogP contribution in [0.2, 0.25) is 0 Å². The summed E-state index contributed by atoms with van der Waals surface area (Å²) < 4.78 is 5.72. The number of ketones is 1. The van der Waals surface area contributed by atoms with Gasteiger partial charge in [-0.1, -0.05) is 82.7 Å². The summed E-state index contributed by atoms with van der Waals surface area (Å²) in [6.07, 6.45) is -2.23. The summed E-state index contributed by atoms with van der Waals surface area (Å²) in [5.41, 5.74) is 12.5. The molecule has 0 saturated carbocycles. The van der Waals surface area contributed by atoms with Crippen LogP contribution in [-0.2, 0) is 102 Å². The number of Topliss-reactive ketones (excluding diaryl/α,β-unsaturated/α-hetero) is 1. The van der Waals surface area contributed by atoms with Crippen molar-refractivity contribution in [3.05, 3.63) is 65.9 Å². The Balaban J connectivity index is 1.89. The number of nitrogens with one attached hydrogen (secondary N) is 15. The molecule has 0 radical (unpaired) electrons. The standard InChI is InChI=1S/C73H103N17O26/c1-6-7-8-9-10-11-12-23-54(94)82-45(26-39-32-77-43-21-16-13-18-40(39)43)67(109)85-46(28-53(75)93)68(110)87-49(31-60(103)104)69(111)90-62-38(4)116-73(115)50(27-52(92)41-19-14-15-20-42(41)76-5)88-72(114)61(36(2)25-57(97)98)89-70(112)51(35-91)83-56(96)33-78-64(106)47(29-58(99)100)84-63(105)37(3)80-66(108)48(30-59(101)102)86-65(107)44(22-17-24-74)81-55(95)34-79-71(62)113/h13-16,18-21,32,36-38,44-51,61-62,76-77,91H,6-12,17,22-31,33-35,74H2,1-5H3,(H2,75,93)(H,78,106)(H,79,113)(H,80,108)(H,81,95)(H,82,94)(H,83,96)(H,84,105)(H,85,109)(H,86,107)(H,87,110)(H,88,114)(H,89,112)(H,90,111)(H,97,98)(H,99,100)(H,101,102)(H,103,104)/t36?,37-,38-,44+,45+,46-,47+,48+,49+,50+,51-,61?,62+/m1/s1. The van der Waals surface area contributed by atoms with Gasteiger partial charge in [0.1, 0.15) is 72.6 Å². The smallest absolute Gasteiger partial charge is 0.329 e. The van der Waals surface area contributed by atoms with Gasteiger partial charge in [0.2, 0.25) is 82.7 Å². The Bertz CT molecular complexity index is 4060. The van der Waals surface area contributed by atoms with Gasteiger partial charge < -0.3 is 121 Å². The van der Waals surface area contributed by atoms with E-state index in [4.69, 9.17) is 16.2 Å². The Morgan fingerprint density at radius 3 is 1.70 bits per heavy atom. The van der Waals surface area contributed by atoms with Crippen molar-refractivity contribution in [1.82, 2.24) is 74.1 Å². The number of anilines is 1. The Morgan fingerprint density at radius 1 is 0.552 bits per heavy atom. The molecule has 0 aliphatic carbocycles. The molecule has 24 N–H and O–H groups in total. The van der Waals surface area contributed by atoms with E-state index >= 15 is 0 Å². The number of fused-ring (bicyclic) bond motifs is 1. The molecule has 116 heavy (non-hydrogen) atoms. The van der Waals surface area contributed by atoms with Crippen LogP contribution in [0.4, 0.5) is 5.69 Å². The number of carboxylic acid groups (broad SMARTS) is 4. The first kappa shape index (κ1) is 95.7. The van der Waals surface area contributed by atoms with Gasteiger partial charge >= 0.3 is 29.8 Å². The molecule has 0 bridgehead atoms. The van der Waals surface area contributed by atoms with Crippen LogP contribution in [0.15, 0.2) is 54.7 Å². The van der Waals surface area contributed by atoms with E-state index in [1.807, 2.05) is 16.0 Å². The number of aromatic nitrogens is 1. The highest BCUT2D eigenvalue weighted by atomic mass is 16.5. The van der Waals surface area contributed by atoms with Crippen LogP contribution in [-0.4, -0.2) is 255 Å². The number of carboxylic acids is 4. The number of aliphatic carboxylic acids is 4. The first-order valence-electron chi connectivity index (χ1n) is 37.3. The van der Waals surface area contributed by atoms with Gasteiger partial charge in [0, 0.05) is 54.7 Å². The van der Waals surface area contributed by atoms with Crippen molar-refractivity contribution >= 4 is 135 Å². The lowest BCUT2D eigenvalue weighted by atomic mass is 9.95. The fourth-order valence-corrected chi connectivity index (χ4v) is 11.9. The van der Waals surface area contributed by atoms with Gasteiger partial charge in [-0.2, -0.15) is 0 Å². The number of ether oxygens (including phenoxy) is 1. The summed E-state index contributed by atoms with van der Waals surface area (Å²) in [5.74, 6) is -29.5. The number of rotatable bonds is 36. The number of aromatic amines is 1. The maximum atomic E-state index is 14.9. The molecule has 2 unspecified atom stereocenters. The minimum absolute atomic E-state index is 0.0164. The third-order valence-electron chi connectivity index (χ3n) is 18.1. The maximum Gasteiger partial charge on any atom is 0.329 e. The number of benzene rings is 2. The van der Waals surface area contributed by atoms with Gasteiger partial charge in [-0.15, -0.1) is 0 Å². The average Bonchev–Trinajstić information content (AvgIpc) is 1.59. The van der Waals surface area contributed by atoms with Gasteiger partial charge in [0.15, 0.2) is 5.78 Å². The summed E-state index contributed by atoms with van der Waals surface area (Å²) in [4.78, 5) is 277. The number of primary amides is 1. The summed E-state index contributed by atoms with van der Waals surface area (Å²) in [6.45, 7) is 1.17. The quantitative estimate of drug-likeness (QED) is 0.0147. The van der Waals surface area contributed by atoms with Gasteiger partial charge in [-0.3, -0.25) is 91.1 Å². The van der Waals surface area contributed by atoms with Crippen molar-refractivity contribution in [2.45, 2.75) is 209 Å². The number of aliphatic hydroxyl groups excluding tert-OH is 1. The van der Waals surface area contributed by atoms with E-state index in [1.54, 1.807) is 30.5 Å². The molecule has 636 valence electrons. The van der Waals surface area contributed by atoms with Crippen molar-refractivity contribution in [2.75, 3.05) is 38.6 Å². The molecule has 14 amide bonds. The number of esters is 1. The first-order chi connectivity index (χ1) is 54.9. The number of hydrogen-bond acceptors (Lipinski definition) is 24. The maximum absolute atomic E-state index is 14.9. The third kappa shape index (κ3) is 32.4. The second kappa shape index (κ2) is 48.4. The van der Waals surface area contributed by atoms with Crippen LogP contribution in [0.25, 0.3) is 10.9 Å². The zero-order valence-corrected chi connectivity index (χ0v) is 64.5. The van der Waals surface area contributed by atoms with E-state index in [1.165, 1.54) is 31.3 Å². The molecule has 13 atom stereocenters. The van der Waals surface area contributed by atoms with Gasteiger partial charge in [-0.05, 0) is 69.3 Å². The molecule has 2 heterocycles. The highest BCUT2D eigenvalue weighted by Gasteiger charge is 2.41. The SMILES string of the molecule is CCCCCCCCCC(=O)N[C@@H](Cc1c[nH]c2ccccc12)C(=O)N[C@H](CC(N)=O)C(=O)N[C@@H](CC(=O)O)C(=O)N[C@@H]1C(=O)NCC(=O)N[C@@H](CCCN)C(=O)N[C@@H](CC(=O)O)C(=O)N[C@H](C)C(=O)N[C@@H](CC(=O)O)C(=O)NCC(=O)N[C@H](CO)C(=O)NC(C(C)CC(=O)O)C(=O)N[C@@H](CC(=O)c2ccccc2NC)C(=O)O[C@@H]1C. The summed E-state index contributed by atoms with van der Waals surface area (Å²) in [6, 6.07) is -10.0.